The van der Waals surface area contributed by atoms with Crippen molar-refractivity contribution in [2.24, 2.45) is 5.92 Å². The lowest BCUT2D eigenvalue weighted by atomic mass is 10.1. The van der Waals surface area contributed by atoms with Crippen LogP contribution in [-0.2, 0) is 11.2 Å². The first kappa shape index (κ1) is 19.9. The summed E-state index contributed by atoms with van der Waals surface area (Å²) in [7, 11) is 0. The Hall–Kier alpha value is -2.39. The van der Waals surface area contributed by atoms with Crippen molar-refractivity contribution in [3.63, 3.8) is 0 Å². The van der Waals surface area contributed by atoms with E-state index in [9.17, 15) is 9.18 Å². The maximum absolute atomic E-state index is 13.3. The van der Waals surface area contributed by atoms with Gasteiger partial charge in [-0.15, -0.1) is 0 Å². The fourth-order valence-electron chi connectivity index (χ4n) is 2.42. The van der Waals surface area contributed by atoms with E-state index in [4.69, 9.17) is 10.00 Å². The number of nitrogens with one attached hydrogen (secondary N) is 1. The average molecular weight is 419 g/mol. The highest BCUT2D eigenvalue weighted by atomic mass is 79.9. The first-order valence-corrected chi connectivity index (χ1v) is 9.09. The molecular weight excluding hydrogens is 399 g/mol. The molecule has 4 nitrogen and oxygen atoms in total. The van der Waals surface area contributed by atoms with E-state index in [1.165, 1.54) is 6.07 Å². The lowest BCUT2D eigenvalue weighted by Gasteiger charge is -2.22. The van der Waals surface area contributed by atoms with Gasteiger partial charge in [0.15, 0.2) is 6.10 Å². The van der Waals surface area contributed by atoms with E-state index in [2.05, 4.69) is 27.3 Å². The Bertz CT molecular complexity index is 818. The fourth-order valence-corrected chi connectivity index (χ4v) is 2.84. The number of halogens is 2. The van der Waals surface area contributed by atoms with Crippen LogP contribution in [0.2, 0.25) is 0 Å². The molecule has 0 spiro atoms. The average Bonchev–Trinajstić information content (AvgIpc) is 2.62. The number of carbonyl (C=O) groups is 1. The Kier molecular flexibility index (Phi) is 7.16. The molecule has 0 fully saturated rings. The van der Waals surface area contributed by atoms with Gasteiger partial charge in [0, 0.05) is 6.54 Å². The summed E-state index contributed by atoms with van der Waals surface area (Å²) in [6.45, 7) is 4.18. The van der Waals surface area contributed by atoms with E-state index >= 15 is 0 Å². The summed E-state index contributed by atoms with van der Waals surface area (Å²) in [6, 6.07) is 13.7. The molecule has 0 saturated heterocycles. The molecule has 0 aromatic heterocycles. The summed E-state index contributed by atoms with van der Waals surface area (Å²) in [6.07, 6.45) is -0.131. The lowest BCUT2D eigenvalue weighted by molar-refractivity contribution is -0.129. The van der Waals surface area contributed by atoms with Gasteiger partial charge in [-0.05, 0) is 58.1 Å². The van der Waals surface area contributed by atoms with E-state index < -0.39 is 6.10 Å². The Morgan fingerprint density at radius 2 is 2.04 bits per heavy atom. The molecule has 2 rings (SSSR count). The number of amides is 1. The highest BCUT2D eigenvalue weighted by Gasteiger charge is 2.24. The Morgan fingerprint density at radius 3 is 2.69 bits per heavy atom. The molecule has 136 valence electrons. The summed E-state index contributed by atoms with van der Waals surface area (Å²) in [5.41, 5.74) is 1.30. The number of nitrogens with zero attached hydrogens (tertiary/aromatic N) is 1. The van der Waals surface area contributed by atoms with Crippen LogP contribution in [0.15, 0.2) is 46.9 Å². The maximum Gasteiger partial charge on any atom is 0.261 e. The first-order chi connectivity index (χ1) is 12.4. The van der Waals surface area contributed by atoms with Gasteiger partial charge in [-0.25, -0.2) is 4.39 Å². The number of rotatable bonds is 7. The van der Waals surface area contributed by atoms with Crippen LogP contribution in [0.4, 0.5) is 4.39 Å². The highest BCUT2D eigenvalue weighted by molar-refractivity contribution is 9.10. The molecule has 26 heavy (non-hydrogen) atoms. The molecule has 2 aromatic rings. The summed E-state index contributed by atoms with van der Waals surface area (Å²) < 4.78 is 19.5. The standard InChI is InChI=1S/C20H20BrFN2O2/c1-13(2)19(26-18-6-4-3-5-15(18)12-23)20(25)24-10-9-14-7-8-17(22)16(21)11-14/h3-8,11,13,19H,9-10H2,1-2H3,(H,24,25). The Balaban J connectivity index is 1.98. The summed E-state index contributed by atoms with van der Waals surface area (Å²) in [4.78, 5) is 12.5. The molecule has 1 atom stereocenters. The van der Waals surface area contributed by atoms with E-state index in [0.717, 1.165) is 5.56 Å². The van der Waals surface area contributed by atoms with Gasteiger partial charge in [0.1, 0.15) is 17.6 Å². The van der Waals surface area contributed by atoms with Crippen LogP contribution in [0.1, 0.15) is 25.0 Å². The second-order valence-electron chi connectivity index (χ2n) is 6.18. The van der Waals surface area contributed by atoms with Crippen LogP contribution < -0.4 is 10.1 Å². The minimum atomic E-state index is -0.704. The van der Waals surface area contributed by atoms with Crippen LogP contribution in [0.3, 0.4) is 0 Å². The minimum absolute atomic E-state index is 0.0679. The number of carbonyl (C=O) groups excluding carboxylic acids is 1. The highest BCUT2D eigenvalue weighted by Crippen LogP contribution is 2.21. The number of hydrogen-bond acceptors (Lipinski definition) is 3. The molecule has 0 heterocycles. The summed E-state index contributed by atoms with van der Waals surface area (Å²) in [5, 5.41) is 12.0. The van der Waals surface area contributed by atoms with Gasteiger partial charge in [0.25, 0.3) is 5.91 Å². The van der Waals surface area contributed by atoms with Crippen molar-refractivity contribution in [3.8, 4) is 11.8 Å². The summed E-state index contributed by atoms with van der Waals surface area (Å²) >= 11 is 3.15. The second-order valence-corrected chi connectivity index (χ2v) is 7.03. The van der Waals surface area contributed by atoms with E-state index in [1.54, 1.807) is 36.4 Å². The normalized spacial score (nSPS) is 11.7. The zero-order valence-corrected chi connectivity index (χ0v) is 16.2. The van der Waals surface area contributed by atoms with Crippen LogP contribution in [0.25, 0.3) is 0 Å². The molecule has 0 bridgehead atoms. The van der Waals surface area contributed by atoms with Gasteiger partial charge in [0.05, 0.1) is 10.0 Å². The van der Waals surface area contributed by atoms with Gasteiger partial charge in [-0.3, -0.25) is 4.79 Å². The molecule has 1 unspecified atom stereocenters. The van der Waals surface area contributed by atoms with Crippen molar-refractivity contribution in [1.29, 1.82) is 5.26 Å². The number of ether oxygens (including phenoxy) is 1. The van der Waals surface area contributed by atoms with E-state index in [-0.39, 0.29) is 17.6 Å². The molecule has 2 aromatic carbocycles. The lowest BCUT2D eigenvalue weighted by Crippen LogP contribution is -2.42. The number of para-hydroxylation sites is 1. The van der Waals surface area contributed by atoms with Gasteiger partial charge in [0.2, 0.25) is 0 Å². The van der Waals surface area contributed by atoms with E-state index in [0.29, 0.717) is 28.8 Å². The second kappa shape index (κ2) is 9.35. The van der Waals surface area contributed by atoms with Crippen molar-refractivity contribution in [3.05, 3.63) is 63.9 Å². The first-order valence-electron chi connectivity index (χ1n) is 8.29. The van der Waals surface area contributed by atoms with Crippen LogP contribution in [-0.4, -0.2) is 18.6 Å². The molecule has 0 aliphatic carbocycles. The smallest absolute Gasteiger partial charge is 0.261 e. The quantitative estimate of drug-likeness (QED) is 0.731. The fraction of sp³-hybridized carbons (Fsp3) is 0.300. The third kappa shape index (κ3) is 5.30. The van der Waals surface area contributed by atoms with Gasteiger partial charge in [-0.1, -0.05) is 32.0 Å². The van der Waals surface area contributed by atoms with Crippen molar-refractivity contribution in [2.75, 3.05) is 6.54 Å². The van der Waals surface area contributed by atoms with Crippen molar-refractivity contribution >= 4 is 21.8 Å². The van der Waals surface area contributed by atoms with Gasteiger partial charge in [-0.2, -0.15) is 5.26 Å². The SMILES string of the molecule is CC(C)C(Oc1ccccc1C#N)C(=O)NCCc1ccc(F)c(Br)c1. The van der Waals surface area contributed by atoms with Crippen molar-refractivity contribution in [2.45, 2.75) is 26.4 Å². The molecule has 6 heteroatoms. The number of nitriles is 1. The van der Waals surface area contributed by atoms with E-state index in [1.807, 2.05) is 13.8 Å². The molecule has 1 amide bonds. The zero-order valence-electron chi connectivity index (χ0n) is 14.6. The Morgan fingerprint density at radius 1 is 1.31 bits per heavy atom. The van der Waals surface area contributed by atoms with Crippen LogP contribution >= 0.6 is 15.9 Å². The van der Waals surface area contributed by atoms with Crippen molar-refractivity contribution < 1.29 is 13.9 Å². The molecule has 0 radical (unpaired) electrons. The minimum Gasteiger partial charge on any atom is -0.479 e. The number of benzene rings is 2. The molecule has 1 N–H and O–H groups in total. The molecule has 0 aliphatic heterocycles. The zero-order chi connectivity index (χ0) is 19.1. The summed E-state index contributed by atoms with van der Waals surface area (Å²) in [5.74, 6) is -0.232. The molecule has 0 aliphatic rings. The molecular formula is C20H20BrFN2O2. The van der Waals surface area contributed by atoms with Gasteiger partial charge < -0.3 is 10.1 Å². The number of hydrogen-bond donors (Lipinski definition) is 1. The van der Waals surface area contributed by atoms with Crippen LogP contribution in [0.5, 0.6) is 5.75 Å². The van der Waals surface area contributed by atoms with Crippen molar-refractivity contribution in [1.82, 2.24) is 5.32 Å². The largest absolute Gasteiger partial charge is 0.479 e. The topological polar surface area (TPSA) is 62.1 Å². The van der Waals surface area contributed by atoms with Crippen LogP contribution in [0, 0.1) is 23.1 Å². The predicted molar refractivity (Wildman–Crippen MR) is 101 cm³/mol. The maximum atomic E-state index is 13.3. The predicted octanol–water partition coefficient (Wildman–Crippen LogP) is 4.22. The Labute approximate surface area is 161 Å². The van der Waals surface area contributed by atoms with Gasteiger partial charge >= 0.3 is 0 Å². The third-order valence-electron chi connectivity index (χ3n) is 3.82. The third-order valence-corrected chi connectivity index (χ3v) is 4.43. The monoisotopic (exact) mass is 418 g/mol. The molecule has 0 saturated carbocycles.